The number of rotatable bonds is 11. The van der Waals surface area contributed by atoms with E-state index in [2.05, 4.69) is 45.0 Å². The highest BCUT2D eigenvalue weighted by Crippen LogP contribution is 2.40. The van der Waals surface area contributed by atoms with Crippen LogP contribution in [-0.4, -0.2) is 70.5 Å². The van der Waals surface area contributed by atoms with Gasteiger partial charge in [-0.05, 0) is 68.8 Å². The van der Waals surface area contributed by atoms with E-state index in [1.165, 1.54) is 0 Å². The fourth-order valence-electron chi connectivity index (χ4n) is 5.65. The second-order valence-corrected chi connectivity index (χ2v) is 17.3. The van der Waals surface area contributed by atoms with Crippen LogP contribution in [-0.2, 0) is 9.16 Å². The molecule has 1 heterocycles. The minimum absolute atomic E-state index is 0.0368. The summed E-state index contributed by atoms with van der Waals surface area (Å²) < 4.78 is 12.9. The molecule has 0 aromatic heterocycles. The van der Waals surface area contributed by atoms with Crippen LogP contribution in [0.2, 0.25) is 5.04 Å². The van der Waals surface area contributed by atoms with Crippen LogP contribution in [0, 0.1) is 0 Å². The zero-order chi connectivity index (χ0) is 28.4. The Labute approximate surface area is 229 Å². The zero-order valence-corrected chi connectivity index (χ0v) is 25.1. The van der Waals surface area contributed by atoms with Crippen molar-refractivity contribution in [3.63, 3.8) is 0 Å². The largest absolute Gasteiger partial charge is 0.405 e. The summed E-state index contributed by atoms with van der Waals surface area (Å²) in [5, 5.41) is 45.7. The number of hydrogen-bond donors (Lipinski definition) is 4. The van der Waals surface area contributed by atoms with Gasteiger partial charge in [0.1, 0.15) is 6.10 Å². The average Bonchev–Trinajstić information content (AvgIpc) is 3.27. The van der Waals surface area contributed by atoms with Crippen LogP contribution in [0.15, 0.2) is 60.7 Å². The van der Waals surface area contributed by atoms with Crippen LogP contribution in [0.25, 0.3) is 0 Å². The van der Waals surface area contributed by atoms with E-state index in [0.717, 1.165) is 10.4 Å². The SMILES string of the molecule is CC(O)(CC[C@H](O)[C@@]1(C)CC[C@H](C(C)(C)O)O1)C(O)CO[Si](c1ccccc1)(c1ccccc1)C(C)(C)C. The van der Waals surface area contributed by atoms with Crippen LogP contribution in [0.3, 0.4) is 0 Å². The Kier molecular flexibility index (Phi) is 9.36. The van der Waals surface area contributed by atoms with Crippen molar-refractivity contribution in [2.45, 2.75) is 114 Å². The summed E-state index contributed by atoms with van der Waals surface area (Å²) in [5.41, 5.74) is -3.27. The molecule has 1 fully saturated rings. The Hall–Kier alpha value is -1.58. The predicted molar refractivity (Wildman–Crippen MR) is 154 cm³/mol. The van der Waals surface area contributed by atoms with Gasteiger partial charge in [0.25, 0.3) is 8.32 Å². The first kappa shape index (κ1) is 31.0. The molecule has 6 nitrogen and oxygen atoms in total. The molecule has 1 aliphatic rings. The van der Waals surface area contributed by atoms with Crippen molar-refractivity contribution < 1.29 is 29.6 Å². The summed E-state index contributed by atoms with van der Waals surface area (Å²) in [6.07, 6.45) is -0.659. The topological polar surface area (TPSA) is 99.4 Å². The lowest BCUT2D eigenvalue weighted by molar-refractivity contribution is -0.159. The zero-order valence-electron chi connectivity index (χ0n) is 24.1. The van der Waals surface area contributed by atoms with E-state index in [4.69, 9.17) is 9.16 Å². The summed E-state index contributed by atoms with van der Waals surface area (Å²) in [5.74, 6) is 0. The highest BCUT2D eigenvalue weighted by molar-refractivity contribution is 6.99. The van der Waals surface area contributed by atoms with Gasteiger partial charge in [-0.15, -0.1) is 0 Å². The number of benzene rings is 2. The van der Waals surface area contributed by atoms with Crippen LogP contribution in [0.4, 0.5) is 0 Å². The molecule has 3 rings (SSSR count). The molecule has 0 bridgehead atoms. The maximum Gasteiger partial charge on any atom is 0.261 e. The molecule has 0 saturated carbocycles. The summed E-state index contributed by atoms with van der Waals surface area (Å²) in [6.45, 7) is 13.3. The average molecular weight is 545 g/mol. The quantitative estimate of drug-likeness (QED) is 0.323. The first-order chi connectivity index (χ1) is 17.5. The Morgan fingerprint density at radius 3 is 1.84 bits per heavy atom. The predicted octanol–water partition coefficient (Wildman–Crippen LogP) is 3.52. The van der Waals surface area contributed by atoms with Gasteiger partial charge in [-0.1, -0.05) is 81.4 Å². The van der Waals surface area contributed by atoms with E-state index < -0.39 is 37.3 Å². The molecule has 2 aromatic rings. The minimum atomic E-state index is -2.86. The Bertz CT molecular complexity index is 975. The molecule has 1 aliphatic heterocycles. The summed E-state index contributed by atoms with van der Waals surface area (Å²) in [7, 11) is -2.86. The van der Waals surface area contributed by atoms with Crippen molar-refractivity contribution in [3.8, 4) is 0 Å². The first-order valence-electron chi connectivity index (χ1n) is 13.8. The maximum absolute atomic E-state index is 11.3. The molecule has 212 valence electrons. The number of ether oxygens (including phenoxy) is 1. The van der Waals surface area contributed by atoms with E-state index in [1.807, 2.05) is 43.3 Å². The Morgan fingerprint density at radius 1 is 0.921 bits per heavy atom. The van der Waals surface area contributed by atoms with Gasteiger partial charge < -0.3 is 29.6 Å². The maximum atomic E-state index is 11.3. The van der Waals surface area contributed by atoms with E-state index in [1.54, 1.807) is 20.8 Å². The van der Waals surface area contributed by atoms with Crippen LogP contribution in [0.5, 0.6) is 0 Å². The second-order valence-electron chi connectivity index (χ2n) is 13.0. The molecular formula is C31H48O6Si. The van der Waals surface area contributed by atoms with Crippen molar-refractivity contribution in [1.29, 1.82) is 0 Å². The molecule has 5 atom stereocenters. The number of aliphatic hydroxyl groups excluding tert-OH is 2. The van der Waals surface area contributed by atoms with Gasteiger partial charge in [0.2, 0.25) is 0 Å². The summed E-state index contributed by atoms with van der Waals surface area (Å²) in [6, 6.07) is 20.4. The van der Waals surface area contributed by atoms with E-state index in [9.17, 15) is 20.4 Å². The van der Waals surface area contributed by atoms with E-state index in [-0.39, 0.29) is 30.6 Å². The van der Waals surface area contributed by atoms with Gasteiger partial charge >= 0.3 is 0 Å². The molecule has 0 aliphatic carbocycles. The van der Waals surface area contributed by atoms with Gasteiger partial charge in [0, 0.05) is 0 Å². The van der Waals surface area contributed by atoms with Crippen LogP contribution in [0.1, 0.15) is 74.1 Å². The lowest BCUT2D eigenvalue weighted by Gasteiger charge is -2.44. The smallest absolute Gasteiger partial charge is 0.261 e. The van der Waals surface area contributed by atoms with E-state index in [0.29, 0.717) is 12.8 Å². The molecule has 38 heavy (non-hydrogen) atoms. The van der Waals surface area contributed by atoms with E-state index >= 15 is 0 Å². The van der Waals surface area contributed by atoms with Gasteiger partial charge in [-0.3, -0.25) is 0 Å². The summed E-state index contributed by atoms with van der Waals surface area (Å²) in [4.78, 5) is 0. The fraction of sp³-hybridized carbons (Fsp3) is 0.613. The normalized spacial score (nSPS) is 24.1. The van der Waals surface area contributed by atoms with Crippen LogP contribution >= 0.6 is 0 Å². The molecule has 2 aromatic carbocycles. The molecule has 1 saturated heterocycles. The van der Waals surface area contributed by atoms with Gasteiger partial charge in [0.05, 0.1) is 35.6 Å². The highest BCUT2D eigenvalue weighted by Gasteiger charge is 2.51. The van der Waals surface area contributed by atoms with Crippen molar-refractivity contribution in [1.82, 2.24) is 0 Å². The highest BCUT2D eigenvalue weighted by atomic mass is 28.4. The molecule has 4 N–H and O–H groups in total. The molecule has 0 radical (unpaired) electrons. The van der Waals surface area contributed by atoms with Gasteiger partial charge in [-0.2, -0.15) is 0 Å². The van der Waals surface area contributed by atoms with Crippen LogP contribution < -0.4 is 10.4 Å². The molecular weight excluding hydrogens is 496 g/mol. The third-order valence-electron chi connectivity index (χ3n) is 8.32. The standard InChI is InChI=1S/C31H48O6Si/c1-28(2,3)38(23-14-10-8-11-15-23,24-16-12-9-13-17-24)36-22-26(33)30(6,35)20-18-25(32)31(7)21-19-27(37-31)29(4,5)34/h8-17,25-27,32-35H,18-22H2,1-7H3/t25-,26?,27+,30?,31+/m0/s1. The molecule has 0 spiro atoms. The van der Waals surface area contributed by atoms with Crippen molar-refractivity contribution >= 4 is 18.7 Å². The summed E-state index contributed by atoms with van der Waals surface area (Å²) >= 11 is 0. The number of aliphatic hydroxyl groups is 4. The van der Waals surface area contributed by atoms with Gasteiger partial charge in [0.15, 0.2) is 0 Å². The number of hydrogen-bond acceptors (Lipinski definition) is 6. The Morgan fingerprint density at radius 2 is 1.42 bits per heavy atom. The lowest BCUT2D eigenvalue weighted by Crippen LogP contribution is -2.67. The molecule has 0 amide bonds. The lowest BCUT2D eigenvalue weighted by atomic mass is 9.86. The molecule has 7 heteroatoms. The third-order valence-corrected chi connectivity index (χ3v) is 13.3. The first-order valence-corrected chi connectivity index (χ1v) is 15.7. The van der Waals surface area contributed by atoms with Gasteiger partial charge in [-0.25, -0.2) is 0 Å². The van der Waals surface area contributed by atoms with Crippen molar-refractivity contribution in [2.24, 2.45) is 0 Å². The minimum Gasteiger partial charge on any atom is -0.405 e. The van der Waals surface area contributed by atoms with Crippen molar-refractivity contribution in [2.75, 3.05) is 6.61 Å². The van der Waals surface area contributed by atoms with Crippen molar-refractivity contribution in [3.05, 3.63) is 60.7 Å². The second kappa shape index (κ2) is 11.5. The Balaban J connectivity index is 1.75. The third kappa shape index (κ3) is 6.58. The monoisotopic (exact) mass is 544 g/mol. The molecule has 2 unspecified atom stereocenters. The fourth-order valence-corrected chi connectivity index (χ4v) is 10.2.